The minimum Gasteiger partial charge on any atom is -0.322 e. The lowest BCUT2D eigenvalue weighted by Gasteiger charge is -2.12. The highest BCUT2D eigenvalue weighted by Gasteiger charge is 2.48. The van der Waals surface area contributed by atoms with Crippen molar-refractivity contribution < 1.29 is 13.6 Å². The van der Waals surface area contributed by atoms with Gasteiger partial charge in [0.2, 0.25) is 0 Å². The number of nitrogens with one attached hydrogen (secondary N) is 1. The topological polar surface area (TPSA) is 72.9 Å². The van der Waals surface area contributed by atoms with E-state index < -0.39 is 17.6 Å². The number of para-hydroxylation sites is 1. The van der Waals surface area contributed by atoms with Gasteiger partial charge in [-0.05, 0) is 48.6 Å². The van der Waals surface area contributed by atoms with Crippen molar-refractivity contribution in [1.82, 2.24) is 9.78 Å². The summed E-state index contributed by atoms with van der Waals surface area (Å²) in [7, 11) is 0. The molecule has 2 saturated carbocycles. The van der Waals surface area contributed by atoms with Gasteiger partial charge in [-0.3, -0.25) is 10.5 Å². The van der Waals surface area contributed by atoms with Crippen LogP contribution in [-0.2, 0) is 6.05 Å². The number of hydrogen-bond acceptors (Lipinski definition) is 3. The highest BCUT2D eigenvalue weighted by Crippen LogP contribution is 2.60. The van der Waals surface area contributed by atoms with E-state index >= 15 is 0 Å². The Hall–Kier alpha value is -2.54. The summed E-state index contributed by atoms with van der Waals surface area (Å²) >= 11 is 0. The number of alkyl halides is 2. The van der Waals surface area contributed by atoms with Crippen molar-refractivity contribution >= 4 is 17.8 Å². The Morgan fingerprint density at radius 2 is 2.12 bits per heavy atom. The van der Waals surface area contributed by atoms with Crippen molar-refractivity contribution in [3.63, 3.8) is 0 Å². The molecule has 2 fully saturated rings. The molecule has 7 heteroatoms. The molecule has 2 unspecified atom stereocenters. The summed E-state index contributed by atoms with van der Waals surface area (Å²) in [6.07, 6.45) is 6.12. The van der Waals surface area contributed by atoms with Gasteiger partial charge in [0, 0.05) is 18.1 Å². The van der Waals surface area contributed by atoms with E-state index in [4.69, 9.17) is 5.73 Å². The molecular weight excluding hydrogens is 338 g/mol. The molecule has 5 nitrogen and oxygen atoms in total. The number of nitrogens with zero attached hydrogens (tertiary/aromatic N) is 2. The molecule has 4 rings (SSSR count). The Balaban J connectivity index is 1.60. The van der Waals surface area contributed by atoms with Crippen molar-refractivity contribution in [2.45, 2.75) is 31.2 Å². The van der Waals surface area contributed by atoms with Crippen LogP contribution in [0.1, 0.15) is 46.8 Å². The number of nitrogens with two attached hydrogens (primary N) is 1. The predicted octanol–water partition coefficient (Wildman–Crippen LogP) is 3.76. The third-order valence-electron chi connectivity index (χ3n) is 5.16. The van der Waals surface area contributed by atoms with Crippen molar-refractivity contribution in [3.05, 3.63) is 53.9 Å². The molecule has 0 radical (unpaired) electrons. The molecule has 3 N–H and O–H groups in total. The number of carbonyl (C=O) groups excluding carboxylic acids is 1. The molecule has 0 aliphatic heterocycles. The molecule has 136 valence electrons. The van der Waals surface area contributed by atoms with Gasteiger partial charge in [-0.2, -0.15) is 13.9 Å². The van der Waals surface area contributed by atoms with Crippen molar-refractivity contribution in [2.75, 3.05) is 5.32 Å². The summed E-state index contributed by atoms with van der Waals surface area (Å²) < 4.78 is 28.3. The summed E-state index contributed by atoms with van der Waals surface area (Å²) in [4.78, 5) is 12.6. The molecule has 1 aromatic heterocycles. The third kappa shape index (κ3) is 3.14. The summed E-state index contributed by atoms with van der Waals surface area (Å²) in [6.45, 7) is 3.47. The highest BCUT2D eigenvalue weighted by atomic mass is 19.3. The SMILES string of the molecule is C=Cn1cc(C(=O)Nc2ccccc2C2CC2C2CC2)c(C(N)(F)F)n1. The van der Waals surface area contributed by atoms with Gasteiger partial charge in [-0.25, -0.2) is 4.68 Å². The largest absolute Gasteiger partial charge is 0.346 e. The second kappa shape index (κ2) is 6.02. The fourth-order valence-corrected chi connectivity index (χ4v) is 3.64. The van der Waals surface area contributed by atoms with Crippen molar-refractivity contribution in [1.29, 1.82) is 0 Å². The van der Waals surface area contributed by atoms with Crippen LogP contribution in [0.15, 0.2) is 37.0 Å². The molecular formula is C19H20F2N4O. The molecule has 2 aliphatic rings. The molecule has 2 atom stereocenters. The third-order valence-corrected chi connectivity index (χ3v) is 5.16. The maximum Gasteiger partial charge on any atom is 0.346 e. The van der Waals surface area contributed by atoms with Gasteiger partial charge in [0.25, 0.3) is 5.91 Å². The monoisotopic (exact) mass is 358 g/mol. The number of benzene rings is 1. The van der Waals surface area contributed by atoms with Crippen LogP contribution in [0.25, 0.3) is 6.20 Å². The van der Waals surface area contributed by atoms with Gasteiger partial charge in [-0.15, -0.1) is 0 Å². The molecule has 0 spiro atoms. The fourth-order valence-electron chi connectivity index (χ4n) is 3.64. The average Bonchev–Trinajstić information content (AvgIpc) is 3.49. The summed E-state index contributed by atoms with van der Waals surface area (Å²) in [6, 6.07) is 3.83. The Labute approximate surface area is 149 Å². The highest BCUT2D eigenvalue weighted by molar-refractivity contribution is 6.05. The first kappa shape index (κ1) is 16.9. The minimum absolute atomic E-state index is 0.262. The van der Waals surface area contributed by atoms with E-state index in [-0.39, 0.29) is 5.56 Å². The van der Waals surface area contributed by atoms with Gasteiger partial charge < -0.3 is 5.32 Å². The fraction of sp³-hybridized carbons (Fsp3) is 0.368. The summed E-state index contributed by atoms with van der Waals surface area (Å²) in [5.74, 6) is 1.26. The van der Waals surface area contributed by atoms with Crippen LogP contribution in [0.3, 0.4) is 0 Å². The Kier molecular flexibility index (Phi) is 3.91. The van der Waals surface area contributed by atoms with Gasteiger partial charge in [0.05, 0.1) is 5.56 Å². The van der Waals surface area contributed by atoms with Crippen LogP contribution in [-0.4, -0.2) is 15.7 Å². The van der Waals surface area contributed by atoms with Crippen molar-refractivity contribution in [3.8, 4) is 0 Å². The van der Waals surface area contributed by atoms with E-state index in [0.717, 1.165) is 22.6 Å². The van der Waals surface area contributed by atoms with Gasteiger partial charge >= 0.3 is 6.05 Å². The number of hydrogen-bond donors (Lipinski definition) is 2. The first-order valence-electron chi connectivity index (χ1n) is 8.67. The van der Waals surface area contributed by atoms with Crippen LogP contribution in [0, 0.1) is 11.8 Å². The van der Waals surface area contributed by atoms with Gasteiger partial charge in [0.1, 0.15) is 0 Å². The molecule has 1 heterocycles. The standard InChI is InChI=1S/C19H20F2N4O/c1-2-25-10-15(17(24-25)19(20,21)22)18(26)23-16-6-4-3-5-12(16)14-9-13(14)11-7-8-11/h2-6,10-11,13-14H,1,7-9,22H2,(H,23,26). The molecule has 26 heavy (non-hydrogen) atoms. The number of carbonyl (C=O) groups is 1. The van der Waals surface area contributed by atoms with E-state index in [1.165, 1.54) is 25.2 Å². The Bertz CT molecular complexity index is 867. The lowest BCUT2D eigenvalue weighted by molar-refractivity contribution is -0.00267. The zero-order chi connectivity index (χ0) is 18.5. The number of amides is 1. The van der Waals surface area contributed by atoms with E-state index in [1.807, 2.05) is 18.2 Å². The molecule has 0 bridgehead atoms. The first-order chi connectivity index (χ1) is 12.4. The maximum absolute atomic E-state index is 13.6. The van der Waals surface area contributed by atoms with Crippen LogP contribution in [0.5, 0.6) is 0 Å². The normalized spacial score (nSPS) is 22.1. The molecule has 1 amide bonds. The maximum atomic E-state index is 13.6. The second-order valence-electron chi connectivity index (χ2n) is 7.06. The number of halogens is 2. The quantitative estimate of drug-likeness (QED) is 0.772. The zero-order valence-electron chi connectivity index (χ0n) is 14.2. The summed E-state index contributed by atoms with van der Waals surface area (Å²) in [5.41, 5.74) is 5.57. The van der Waals surface area contributed by atoms with E-state index in [9.17, 15) is 13.6 Å². The molecule has 2 aliphatic carbocycles. The predicted molar refractivity (Wildman–Crippen MR) is 94.7 cm³/mol. The number of rotatable bonds is 6. The Morgan fingerprint density at radius 3 is 2.77 bits per heavy atom. The van der Waals surface area contributed by atoms with Gasteiger partial charge in [-0.1, -0.05) is 24.8 Å². The molecule has 0 saturated heterocycles. The lowest BCUT2D eigenvalue weighted by atomic mass is 10.0. The second-order valence-corrected chi connectivity index (χ2v) is 7.06. The Morgan fingerprint density at radius 1 is 1.38 bits per heavy atom. The lowest BCUT2D eigenvalue weighted by Crippen LogP contribution is -2.29. The van der Waals surface area contributed by atoms with E-state index in [0.29, 0.717) is 17.5 Å². The average molecular weight is 358 g/mol. The number of anilines is 1. The van der Waals surface area contributed by atoms with E-state index in [1.54, 1.807) is 6.07 Å². The number of aromatic nitrogens is 2. The van der Waals surface area contributed by atoms with Crippen LogP contribution >= 0.6 is 0 Å². The van der Waals surface area contributed by atoms with Gasteiger partial charge in [0.15, 0.2) is 5.69 Å². The minimum atomic E-state index is -3.71. The molecule has 1 aromatic carbocycles. The van der Waals surface area contributed by atoms with Crippen molar-refractivity contribution in [2.24, 2.45) is 17.6 Å². The van der Waals surface area contributed by atoms with Crippen LogP contribution in [0.4, 0.5) is 14.5 Å². The first-order valence-corrected chi connectivity index (χ1v) is 8.67. The van der Waals surface area contributed by atoms with Crippen LogP contribution < -0.4 is 11.1 Å². The van der Waals surface area contributed by atoms with E-state index in [2.05, 4.69) is 17.0 Å². The molecule has 2 aromatic rings. The zero-order valence-corrected chi connectivity index (χ0v) is 14.2. The smallest absolute Gasteiger partial charge is 0.322 e. The summed E-state index contributed by atoms with van der Waals surface area (Å²) in [5, 5.41) is 6.40. The van der Waals surface area contributed by atoms with Crippen LogP contribution in [0.2, 0.25) is 0 Å².